The molecular formula is C25H29N5O3S. The van der Waals surface area contributed by atoms with Gasteiger partial charge >= 0.3 is 0 Å². The zero-order valence-electron chi connectivity index (χ0n) is 19.4. The third kappa shape index (κ3) is 4.63. The topological polar surface area (TPSA) is 97.2 Å². The lowest BCUT2D eigenvalue weighted by Crippen LogP contribution is -2.39. The number of sulfonamides is 1. The Labute approximate surface area is 200 Å². The minimum atomic E-state index is -3.25. The van der Waals surface area contributed by atoms with Crippen LogP contribution in [0.5, 0.6) is 0 Å². The number of nitrogens with one attached hydrogen (secondary N) is 1. The second-order valence-corrected chi connectivity index (χ2v) is 11.3. The quantitative estimate of drug-likeness (QED) is 0.582. The molecule has 178 valence electrons. The fourth-order valence-electron chi connectivity index (χ4n) is 4.38. The fourth-order valence-corrected chi connectivity index (χ4v) is 6.20. The molecule has 5 rings (SSSR count). The normalized spacial score (nSPS) is 19.0. The monoisotopic (exact) mass is 479 g/mol. The molecule has 1 atom stereocenters. The highest BCUT2D eigenvalue weighted by Gasteiger charge is 2.31. The molecule has 34 heavy (non-hydrogen) atoms. The molecule has 2 aliphatic rings. The summed E-state index contributed by atoms with van der Waals surface area (Å²) in [7, 11) is -3.25. The van der Waals surface area contributed by atoms with Gasteiger partial charge in [0.2, 0.25) is 10.0 Å². The van der Waals surface area contributed by atoms with Gasteiger partial charge in [-0.05, 0) is 74.4 Å². The lowest BCUT2D eigenvalue weighted by molar-refractivity contribution is 0.0951. The summed E-state index contributed by atoms with van der Waals surface area (Å²) in [6, 6.07) is 7.66. The van der Waals surface area contributed by atoms with Crippen molar-refractivity contribution in [3.8, 4) is 16.8 Å². The molecule has 9 heteroatoms. The number of carbonyl (C=O) groups excluding carboxylic acids is 1. The Morgan fingerprint density at radius 3 is 2.74 bits per heavy atom. The molecule has 2 fully saturated rings. The molecule has 1 aliphatic carbocycles. The van der Waals surface area contributed by atoms with Crippen LogP contribution >= 0.6 is 0 Å². The number of rotatable bonds is 6. The number of carbonyl (C=O) groups is 1. The molecule has 1 saturated heterocycles. The fraction of sp³-hybridized carbons (Fsp3) is 0.400. The smallest absolute Gasteiger partial charge is 0.251 e. The van der Waals surface area contributed by atoms with Crippen LogP contribution in [0.1, 0.15) is 60.1 Å². The van der Waals surface area contributed by atoms with Gasteiger partial charge in [-0.25, -0.2) is 13.1 Å². The molecule has 0 radical (unpaired) electrons. The maximum absolute atomic E-state index is 12.5. The van der Waals surface area contributed by atoms with Gasteiger partial charge < -0.3 is 5.32 Å². The summed E-state index contributed by atoms with van der Waals surface area (Å²) >= 11 is 0. The predicted molar refractivity (Wildman–Crippen MR) is 130 cm³/mol. The molecule has 1 saturated carbocycles. The predicted octanol–water partition coefficient (Wildman–Crippen LogP) is 3.62. The van der Waals surface area contributed by atoms with Gasteiger partial charge in [0.25, 0.3) is 5.91 Å². The summed E-state index contributed by atoms with van der Waals surface area (Å²) in [5.41, 5.74) is 5.13. The number of aryl methyl sites for hydroxylation is 1. The molecule has 3 aromatic rings. The largest absolute Gasteiger partial charge is 0.349 e. The molecular weight excluding hydrogens is 450 g/mol. The van der Waals surface area contributed by atoms with Gasteiger partial charge in [-0.1, -0.05) is 6.07 Å². The third-order valence-corrected chi connectivity index (χ3v) is 8.64. The van der Waals surface area contributed by atoms with Crippen LogP contribution < -0.4 is 5.32 Å². The number of amides is 1. The average molecular weight is 480 g/mol. The second kappa shape index (κ2) is 8.96. The second-order valence-electron chi connectivity index (χ2n) is 9.24. The molecule has 1 aromatic carbocycles. The molecule has 1 aliphatic heterocycles. The minimum absolute atomic E-state index is 0.0466. The van der Waals surface area contributed by atoms with E-state index in [9.17, 15) is 13.2 Å². The van der Waals surface area contributed by atoms with Crippen LogP contribution in [0.3, 0.4) is 0 Å². The van der Waals surface area contributed by atoms with E-state index in [2.05, 4.69) is 15.4 Å². The number of benzene rings is 1. The molecule has 1 N–H and O–H groups in total. The Morgan fingerprint density at radius 1 is 1.15 bits per heavy atom. The molecule has 2 aromatic heterocycles. The summed E-state index contributed by atoms with van der Waals surface area (Å²) in [5.74, 6) is 0.152. The van der Waals surface area contributed by atoms with E-state index in [1.54, 1.807) is 27.6 Å². The van der Waals surface area contributed by atoms with E-state index in [1.165, 1.54) is 0 Å². The number of nitrogens with zero attached hydrogens (tertiary/aromatic N) is 4. The van der Waals surface area contributed by atoms with Crippen LogP contribution in [0, 0.1) is 6.92 Å². The highest BCUT2D eigenvalue weighted by Crippen LogP contribution is 2.29. The van der Waals surface area contributed by atoms with Crippen LogP contribution in [-0.4, -0.2) is 51.7 Å². The summed E-state index contributed by atoms with van der Waals surface area (Å²) in [5, 5.41) is 7.56. The first-order valence-corrected chi connectivity index (χ1v) is 13.3. The van der Waals surface area contributed by atoms with E-state index >= 15 is 0 Å². The number of hydrogen-bond donors (Lipinski definition) is 1. The summed E-state index contributed by atoms with van der Waals surface area (Å²) in [6.07, 6.45) is 10.8. The molecule has 1 unspecified atom stereocenters. The van der Waals surface area contributed by atoms with Crippen molar-refractivity contribution in [1.82, 2.24) is 24.4 Å². The number of hydrogen-bond acceptors (Lipinski definition) is 5. The number of aromatic nitrogens is 3. The number of pyridine rings is 1. The molecule has 1 amide bonds. The zero-order valence-corrected chi connectivity index (χ0v) is 20.3. The Hall–Kier alpha value is -3.04. The van der Waals surface area contributed by atoms with Gasteiger partial charge in [0.05, 0.1) is 23.8 Å². The van der Waals surface area contributed by atoms with E-state index in [0.29, 0.717) is 24.6 Å². The van der Waals surface area contributed by atoms with Crippen molar-refractivity contribution in [3.63, 3.8) is 0 Å². The van der Waals surface area contributed by atoms with Crippen LogP contribution in [-0.2, 0) is 10.0 Å². The van der Waals surface area contributed by atoms with Crippen molar-refractivity contribution in [1.29, 1.82) is 0 Å². The van der Waals surface area contributed by atoms with Crippen molar-refractivity contribution < 1.29 is 13.2 Å². The van der Waals surface area contributed by atoms with Gasteiger partial charge in [0, 0.05) is 42.1 Å². The Balaban J connectivity index is 1.41. The summed E-state index contributed by atoms with van der Waals surface area (Å²) < 4.78 is 28.4. The lowest BCUT2D eigenvalue weighted by Gasteiger charge is -2.31. The summed E-state index contributed by atoms with van der Waals surface area (Å²) in [4.78, 5) is 16.9. The van der Waals surface area contributed by atoms with E-state index in [4.69, 9.17) is 0 Å². The summed E-state index contributed by atoms with van der Waals surface area (Å²) in [6.45, 7) is 4.45. The first kappa shape index (κ1) is 22.7. The first-order valence-electron chi connectivity index (χ1n) is 11.7. The Bertz CT molecular complexity index is 1330. The van der Waals surface area contributed by atoms with Gasteiger partial charge in [0.15, 0.2) is 0 Å². The van der Waals surface area contributed by atoms with E-state index < -0.39 is 10.0 Å². The van der Waals surface area contributed by atoms with Gasteiger partial charge in [-0.15, -0.1) is 0 Å². The van der Waals surface area contributed by atoms with Crippen LogP contribution in [0.25, 0.3) is 16.8 Å². The minimum Gasteiger partial charge on any atom is -0.349 e. The van der Waals surface area contributed by atoms with E-state index in [0.717, 1.165) is 47.2 Å². The van der Waals surface area contributed by atoms with Crippen molar-refractivity contribution in [2.45, 2.75) is 51.6 Å². The molecule has 0 spiro atoms. The van der Waals surface area contributed by atoms with Crippen LogP contribution in [0.4, 0.5) is 0 Å². The van der Waals surface area contributed by atoms with Crippen molar-refractivity contribution >= 4 is 15.9 Å². The maximum atomic E-state index is 12.5. The van der Waals surface area contributed by atoms with E-state index in [-0.39, 0.29) is 17.7 Å². The van der Waals surface area contributed by atoms with Gasteiger partial charge in [0.1, 0.15) is 0 Å². The first-order chi connectivity index (χ1) is 16.3. The standard InChI is InChI=1S/C25H29N5O3S/c1-17-5-6-19(25(31)28-22-7-8-22)12-24(17)21-14-27-29(16-21)23-11-20(13-26-15-23)18(2)30-9-3-4-10-34(30,32)33/h5-6,11-16,18,22H,3-4,7-10H2,1-2H3,(H,28,31). The third-order valence-electron chi connectivity index (χ3n) is 6.62. The Kier molecular flexibility index (Phi) is 5.99. The SMILES string of the molecule is Cc1ccc(C(=O)NC2CC2)cc1-c1cnn(-c2cncc(C(C)N3CCCCS3(=O)=O)c2)c1. The molecule has 8 nitrogen and oxygen atoms in total. The maximum Gasteiger partial charge on any atom is 0.251 e. The van der Waals surface area contributed by atoms with Gasteiger partial charge in [-0.3, -0.25) is 9.78 Å². The molecule has 0 bridgehead atoms. The highest BCUT2D eigenvalue weighted by molar-refractivity contribution is 7.89. The van der Waals surface area contributed by atoms with Crippen LogP contribution in [0.2, 0.25) is 0 Å². The highest BCUT2D eigenvalue weighted by atomic mass is 32.2. The average Bonchev–Trinajstić information content (AvgIpc) is 3.50. The van der Waals surface area contributed by atoms with E-state index in [1.807, 2.05) is 44.3 Å². The van der Waals surface area contributed by atoms with Crippen LogP contribution in [0.15, 0.2) is 49.1 Å². The van der Waals surface area contributed by atoms with Crippen molar-refractivity contribution in [3.05, 3.63) is 65.7 Å². The molecule has 3 heterocycles. The van der Waals surface area contributed by atoms with Gasteiger partial charge in [-0.2, -0.15) is 9.40 Å². The Morgan fingerprint density at radius 2 is 1.97 bits per heavy atom. The van der Waals surface area contributed by atoms with Crippen molar-refractivity contribution in [2.24, 2.45) is 0 Å². The van der Waals surface area contributed by atoms with Crippen molar-refractivity contribution in [2.75, 3.05) is 12.3 Å². The lowest BCUT2D eigenvalue weighted by atomic mass is 10.0. The zero-order chi connectivity index (χ0) is 23.9.